The van der Waals surface area contributed by atoms with Crippen LogP contribution in [-0.4, -0.2) is 30.6 Å². The van der Waals surface area contributed by atoms with Crippen LogP contribution in [0, 0.1) is 0 Å². The Bertz CT molecular complexity index is 471. The van der Waals surface area contributed by atoms with Crippen molar-refractivity contribution in [2.45, 2.75) is 4.34 Å². The van der Waals surface area contributed by atoms with Crippen LogP contribution in [0.3, 0.4) is 0 Å². The molecule has 2 aromatic heterocycles. The van der Waals surface area contributed by atoms with Crippen molar-refractivity contribution >= 4 is 33.1 Å². The molecule has 0 amide bonds. The maximum atomic E-state index is 11.1. The molecule has 15 heavy (non-hydrogen) atoms. The first-order valence-electron chi connectivity index (χ1n) is 3.95. The van der Waals surface area contributed by atoms with Gasteiger partial charge in [0.15, 0.2) is 5.82 Å². The van der Waals surface area contributed by atoms with Crippen molar-refractivity contribution in [2.24, 2.45) is 0 Å². The fraction of sp³-hybridized carbons (Fsp3) is 0.143. The fourth-order valence-corrected chi connectivity index (χ4v) is 2.20. The molecule has 78 valence electrons. The summed E-state index contributed by atoms with van der Waals surface area (Å²) in [4.78, 5) is 7.91. The lowest BCUT2D eigenvalue weighted by atomic mass is 10.7. The molecule has 0 saturated heterocycles. The van der Waals surface area contributed by atoms with Crippen molar-refractivity contribution in [1.29, 1.82) is 0 Å². The first-order chi connectivity index (χ1) is 7.25. The summed E-state index contributed by atoms with van der Waals surface area (Å²) in [6.07, 6.45) is 6.29. The molecule has 0 aromatic carbocycles. The van der Waals surface area contributed by atoms with Gasteiger partial charge in [-0.05, 0) is 0 Å². The minimum Gasteiger partial charge on any atom is -0.313 e. The zero-order valence-corrected chi connectivity index (χ0v) is 9.38. The van der Waals surface area contributed by atoms with Crippen molar-refractivity contribution in [3.8, 4) is 0 Å². The lowest BCUT2D eigenvalue weighted by Crippen LogP contribution is -1.92. The van der Waals surface area contributed by atoms with Gasteiger partial charge in [0.25, 0.3) is 0 Å². The molecule has 0 aliphatic rings. The third-order valence-electron chi connectivity index (χ3n) is 1.45. The number of aromatic nitrogens is 4. The van der Waals surface area contributed by atoms with Gasteiger partial charge in [-0.1, -0.05) is 11.3 Å². The second-order valence-corrected chi connectivity index (χ2v) is 5.07. The van der Waals surface area contributed by atoms with Crippen LogP contribution in [0.25, 0.3) is 0 Å². The first-order valence-corrected chi connectivity index (χ1v) is 6.33. The van der Waals surface area contributed by atoms with Crippen molar-refractivity contribution in [2.75, 3.05) is 11.6 Å². The predicted molar refractivity (Wildman–Crippen MR) is 57.6 cm³/mol. The Balaban J connectivity index is 2.15. The molecule has 0 saturated carbocycles. The quantitative estimate of drug-likeness (QED) is 0.856. The third-order valence-corrected chi connectivity index (χ3v) is 3.61. The third kappa shape index (κ3) is 2.54. The largest absolute Gasteiger partial charge is 0.313 e. The maximum absolute atomic E-state index is 11.1. The van der Waals surface area contributed by atoms with E-state index in [1.54, 1.807) is 24.8 Å². The van der Waals surface area contributed by atoms with E-state index < -0.39 is 10.8 Å². The van der Waals surface area contributed by atoms with Crippen molar-refractivity contribution < 1.29 is 4.21 Å². The Morgan fingerprint density at radius 2 is 2.27 bits per heavy atom. The van der Waals surface area contributed by atoms with Crippen LogP contribution in [0.2, 0.25) is 0 Å². The summed E-state index contributed by atoms with van der Waals surface area (Å²) in [6, 6.07) is 0. The van der Waals surface area contributed by atoms with Crippen molar-refractivity contribution in [1.82, 2.24) is 20.2 Å². The molecule has 8 heteroatoms. The summed E-state index contributed by atoms with van der Waals surface area (Å²) in [6.45, 7) is 0. The van der Waals surface area contributed by atoms with Gasteiger partial charge in [-0.3, -0.25) is 9.19 Å². The average Bonchev–Trinajstić information content (AvgIpc) is 2.68. The topological polar surface area (TPSA) is 80.7 Å². The fourth-order valence-electron chi connectivity index (χ4n) is 0.850. The van der Waals surface area contributed by atoms with Crippen LogP contribution in [0.5, 0.6) is 0 Å². The van der Waals surface area contributed by atoms with Crippen LogP contribution < -0.4 is 5.32 Å². The lowest BCUT2D eigenvalue weighted by molar-refractivity contribution is 0.685. The highest BCUT2D eigenvalue weighted by Gasteiger charge is 2.07. The molecule has 2 heterocycles. The average molecular weight is 241 g/mol. The van der Waals surface area contributed by atoms with E-state index in [2.05, 4.69) is 25.5 Å². The summed E-state index contributed by atoms with van der Waals surface area (Å²) >= 11 is 1.23. The van der Waals surface area contributed by atoms with E-state index in [4.69, 9.17) is 0 Å². The summed E-state index contributed by atoms with van der Waals surface area (Å²) in [5, 5.41) is 11.1. The standard InChI is InChI=1S/C7H7N5OS2/c1-15(13)7-12-11-6(14-7)10-5-4-8-2-3-9-5/h2-4H,1H3,(H,9,10,11). The predicted octanol–water partition coefficient (Wildman–Crippen LogP) is 0.809. The highest BCUT2D eigenvalue weighted by Crippen LogP contribution is 2.20. The second kappa shape index (κ2) is 4.41. The highest BCUT2D eigenvalue weighted by molar-refractivity contribution is 7.86. The van der Waals surface area contributed by atoms with Crippen LogP contribution in [0.1, 0.15) is 0 Å². The van der Waals surface area contributed by atoms with Gasteiger partial charge in [-0.25, -0.2) is 4.98 Å². The number of rotatable bonds is 3. The SMILES string of the molecule is CS(=O)c1nnc(Nc2cnccn2)s1. The minimum atomic E-state index is -1.10. The number of anilines is 2. The monoisotopic (exact) mass is 241 g/mol. The normalized spacial score (nSPS) is 12.3. The molecule has 2 rings (SSSR count). The molecule has 0 aliphatic heterocycles. The Morgan fingerprint density at radius 3 is 2.87 bits per heavy atom. The number of hydrogen-bond acceptors (Lipinski definition) is 7. The summed E-state index contributed by atoms with van der Waals surface area (Å²) in [7, 11) is -1.10. The smallest absolute Gasteiger partial charge is 0.212 e. The van der Waals surface area contributed by atoms with Crippen molar-refractivity contribution in [3.05, 3.63) is 18.6 Å². The van der Waals surface area contributed by atoms with Gasteiger partial charge in [-0.15, -0.1) is 10.2 Å². The molecule has 0 spiro atoms. The van der Waals surface area contributed by atoms with Crippen molar-refractivity contribution in [3.63, 3.8) is 0 Å². The Labute approximate surface area is 92.3 Å². The molecular formula is C7H7N5OS2. The molecule has 0 radical (unpaired) electrons. The van der Waals surface area contributed by atoms with E-state index in [9.17, 15) is 4.21 Å². The molecule has 1 unspecified atom stereocenters. The molecule has 1 atom stereocenters. The van der Waals surface area contributed by atoms with Gasteiger partial charge in [0, 0.05) is 18.6 Å². The summed E-state index contributed by atoms with van der Waals surface area (Å²) in [5.74, 6) is 0.585. The van der Waals surface area contributed by atoms with E-state index in [-0.39, 0.29) is 0 Å². The number of hydrogen-bond donors (Lipinski definition) is 1. The van der Waals surface area contributed by atoms with Crippen LogP contribution >= 0.6 is 11.3 Å². The lowest BCUT2D eigenvalue weighted by Gasteiger charge is -1.97. The first kappa shape index (κ1) is 10.1. The number of nitrogens with one attached hydrogen (secondary N) is 1. The van der Waals surface area contributed by atoms with E-state index in [0.29, 0.717) is 15.3 Å². The molecule has 2 aromatic rings. The highest BCUT2D eigenvalue weighted by atomic mass is 32.2. The molecule has 1 N–H and O–H groups in total. The maximum Gasteiger partial charge on any atom is 0.212 e. The Kier molecular flexibility index (Phi) is 2.97. The molecule has 6 nitrogen and oxygen atoms in total. The minimum absolute atomic E-state index is 0.487. The van der Waals surface area contributed by atoms with Gasteiger partial charge in [0.2, 0.25) is 9.47 Å². The Morgan fingerprint density at radius 1 is 1.40 bits per heavy atom. The van der Waals surface area contributed by atoms with E-state index in [1.165, 1.54) is 11.3 Å². The molecule has 0 aliphatic carbocycles. The zero-order valence-electron chi connectivity index (χ0n) is 7.75. The van der Waals surface area contributed by atoms with Crippen LogP contribution in [-0.2, 0) is 10.8 Å². The second-order valence-electron chi connectivity index (χ2n) is 2.54. The number of nitrogens with zero attached hydrogens (tertiary/aromatic N) is 4. The Hall–Kier alpha value is -1.41. The van der Waals surface area contributed by atoms with Gasteiger partial charge in [0.1, 0.15) is 0 Å². The zero-order chi connectivity index (χ0) is 10.7. The van der Waals surface area contributed by atoms with Crippen LogP contribution in [0.15, 0.2) is 22.9 Å². The summed E-state index contributed by atoms with van der Waals surface area (Å²) in [5.41, 5.74) is 0. The van der Waals surface area contributed by atoms with Crippen LogP contribution in [0.4, 0.5) is 10.9 Å². The van der Waals surface area contributed by atoms with E-state index >= 15 is 0 Å². The van der Waals surface area contributed by atoms with Gasteiger partial charge >= 0.3 is 0 Å². The molecular weight excluding hydrogens is 234 g/mol. The van der Waals surface area contributed by atoms with Gasteiger partial charge < -0.3 is 5.32 Å². The van der Waals surface area contributed by atoms with Gasteiger partial charge in [0.05, 0.1) is 17.0 Å². The van der Waals surface area contributed by atoms with E-state index in [0.717, 1.165) is 0 Å². The van der Waals surface area contributed by atoms with Gasteiger partial charge in [-0.2, -0.15) is 0 Å². The molecule has 0 bridgehead atoms. The summed E-state index contributed by atoms with van der Waals surface area (Å²) < 4.78 is 11.6. The van der Waals surface area contributed by atoms with E-state index in [1.807, 2.05) is 0 Å². The molecule has 0 fully saturated rings.